The first-order valence-electron chi connectivity index (χ1n) is 10.5. The molecule has 30 heavy (non-hydrogen) atoms. The third kappa shape index (κ3) is 3.32. The molecule has 2 aliphatic rings. The van der Waals surface area contributed by atoms with Gasteiger partial charge in [-0.15, -0.1) is 0 Å². The average molecular weight is 402 g/mol. The number of carbonyl (C=O) groups is 1. The van der Waals surface area contributed by atoms with Crippen LogP contribution in [0.5, 0.6) is 5.75 Å². The van der Waals surface area contributed by atoms with E-state index in [2.05, 4.69) is 48.1 Å². The minimum Gasteiger partial charge on any atom is -0.488 e. The van der Waals surface area contributed by atoms with Crippen LogP contribution in [0.1, 0.15) is 18.1 Å². The maximum absolute atomic E-state index is 13.1. The van der Waals surface area contributed by atoms with Crippen molar-refractivity contribution in [3.63, 3.8) is 0 Å². The van der Waals surface area contributed by atoms with Gasteiger partial charge >= 0.3 is 0 Å². The number of hydrogen-bond acceptors (Lipinski definition) is 4. The van der Waals surface area contributed by atoms with Gasteiger partial charge in [0, 0.05) is 42.5 Å². The molecule has 0 unspecified atom stereocenters. The van der Waals surface area contributed by atoms with Gasteiger partial charge < -0.3 is 14.5 Å². The zero-order valence-electron chi connectivity index (χ0n) is 17.4. The van der Waals surface area contributed by atoms with E-state index in [0.717, 1.165) is 42.2 Å². The van der Waals surface area contributed by atoms with Crippen molar-refractivity contribution < 1.29 is 9.53 Å². The summed E-state index contributed by atoms with van der Waals surface area (Å²) in [5.41, 5.74) is 5.51. The van der Waals surface area contributed by atoms with E-state index in [1.54, 1.807) is 0 Å². The fourth-order valence-corrected chi connectivity index (χ4v) is 4.51. The lowest BCUT2D eigenvalue weighted by Gasteiger charge is -2.41. The smallest absolute Gasteiger partial charge is 0.244 e. The third-order valence-electron chi connectivity index (χ3n) is 6.04. The lowest BCUT2D eigenvalue weighted by molar-refractivity contribution is -0.132. The Morgan fingerprint density at radius 3 is 2.87 bits per heavy atom. The Labute approximate surface area is 176 Å². The van der Waals surface area contributed by atoms with E-state index in [-0.39, 0.29) is 18.5 Å². The highest BCUT2D eigenvalue weighted by Gasteiger charge is 2.29. The molecular weight excluding hydrogens is 376 g/mol. The third-order valence-corrected chi connectivity index (χ3v) is 6.04. The second-order valence-electron chi connectivity index (χ2n) is 8.18. The first kappa shape index (κ1) is 18.7. The fraction of sp³-hybridized carbons (Fsp3) is 0.333. The average Bonchev–Trinajstić information content (AvgIpc) is 3.17. The lowest BCUT2D eigenvalue weighted by atomic mass is 10.0. The predicted molar refractivity (Wildman–Crippen MR) is 117 cm³/mol. The minimum atomic E-state index is 0.112. The summed E-state index contributed by atoms with van der Waals surface area (Å²) >= 11 is 0. The number of hydrogen-bond donors (Lipinski definition) is 0. The summed E-state index contributed by atoms with van der Waals surface area (Å²) in [6.07, 6.45) is 1.82. The Bertz CT molecular complexity index is 1090. The number of benzene rings is 2. The van der Waals surface area contributed by atoms with Gasteiger partial charge in [-0.3, -0.25) is 9.48 Å². The van der Waals surface area contributed by atoms with Gasteiger partial charge in [0.25, 0.3) is 0 Å². The van der Waals surface area contributed by atoms with E-state index in [1.165, 1.54) is 11.3 Å². The largest absolute Gasteiger partial charge is 0.488 e. The molecule has 1 fully saturated rings. The fourth-order valence-electron chi connectivity index (χ4n) is 4.51. The molecule has 0 N–H and O–H groups in total. The first-order chi connectivity index (χ1) is 14.6. The topological polar surface area (TPSA) is 50.6 Å². The van der Waals surface area contributed by atoms with Crippen molar-refractivity contribution in [2.45, 2.75) is 33.0 Å². The zero-order chi connectivity index (χ0) is 20.7. The number of amides is 1. The van der Waals surface area contributed by atoms with Crippen molar-refractivity contribution in [3.8, 4) is 17.0 Å². The van der Waals surface area contributed by atoms with Crippen LogP contribution >= 0.6 is 0 Å². The van der Waals surface area contributed by atoms with Crippen molar-refractivity contribution >= 4 is 11.6 Å². The van der Waals surface area contributed by atoms with Crippen molar-refractivity contribution in [1.29, 1.82) is 0 Å². The van der Waals surface area contributed by atoms with Crippen LogP contribution in [0.25, 0.3) is 11.3 Å². The van der Waals surface area contributed by atoms with E-state index < -0.39 is 0 Å². The quantitative estimate of drug-likeness (QED) is 0.673. The summed E-state index contributed by atoms with van der Waals surface area (Å²) in [4.78, 5) is 17.5. The van der Waals surface area contributed by atoms with Gasteiger partial charge in [-0.25, -0.2) is 0 Å². The highest BCUT2D eigenvalue weighted by atomic mass is 16.5. The van der Waals surface area contributed by atoms with Gasteiger partial charge in [0.2, 0.25) is 5.91 Å². The first-order valence-corrected chi connectivity index (χ1v) is 10.5. The summed E-state index contributed by atoms with van der Waals surface area (Å²) < 4.78 is 7.64. The second kappa shape index (κ2) is 7.52. The summed E-state index contributed by atoms with van der Waals surface area (Å²) in [5, 5.41) is 4.50. The predicted octanol–water partition coefficient (Wildman–Crippen LogP) is 3.49. The summed E-state index contributed by atoms with van der Waals surface area (Å²) in [5.74, 6) is 0.959. The number of ether oxygens (including phenoxy) is 1. The van der Waals surface area contributed by atoms with Gasteiger partial charge in [0.15, 0.2) is 0 Å². The van der Waals surface area contributed by atoms with Gasteiger partial charge in [-0.2, -0.15) is 5.10 Å². The van der Waals surface area contributed by atoms with Crippen molar-refractivity contribution in [2.24, 2.45) is 0 Å². The second-order valence-corrected chi connectivity index (χ2v) is 8.18. The number of aryl methyl sites for hydroxylation is 1. The summed E-state index contributed by atoms with van der Waals surface area (Å²) in [6.45, 7) is 7.32. The number of rotatable bonds is 3. The molecule has 5 rings (SSSR count). The Morgan fingerprint density at radius 2 is 2.03 bits per heavy atom. The molecule has 0 saturated carbocycles. The molecule has 3 aromatic rings. The molecule has 1 amide bonds. The molecule has 2 aromatic carbocycles. The molecule has 1 aromatic heterocycles. The molecule has 0 radical (unpaired) electrons. The van der Waals surface area contributed by atoms with E-state index in [1.807, 2.05) is 40.0 Å². The van der Waals surface area contributed by atoms with E-state index in [0.29, 0.717) is 6.61 Å². The highest BCUT2D eigenvalue weighted by molar-refractivity contribution is 5.79. The van der Waals surface area contributed by atoms with E-state index >= 15 is 0 Å². The lowest BCUT2D eigenvalue weighted by Crippen LogP contribution is -2.54. The molecule has 0 aliphatic carbocycles. The molecular formula is C24H26N4O2. The molecule has 0 bridgehead atoms. The maximum Gasteiger partial charge on any atom is 0.244 e. The number of para-hydroxylation sites is 1. The highest BCUT2D eigenvalue weighted by Crippen LogP contribution is 2.37. The number of anilines is 1. The number of aromatic nitrogens is 2. The van der Waals surface area contributed by atoms with Gasteiger partial charge in [-0.05, 0) is 43.7 Å². The van der Waals surface area contributed by atoms with Crippen molar-refractivity contribution in [2.75, 3.05) is 24.5 Å². The molecule has 6 nitrogen and oxygen atoms in total. The Hall–Kier alpha value is -3.28. The minimum absolute atomic E-state index is 0.112. The molecule has 1 saturated heterocycles. The van der Waals surface area contributed by atoms with Crippen LogP contribution in [0.3, 0.4) is 0 Å². The number of nitrogens with zero attached hydrogens (tertiary/aromatic N) is 4. The van der Waals surface area contributed by atoms with Gasteiger partial charge in [0.05, 0.1) is 11.9 Å². The Balaban J connectivity index is 1.31. The SMILES string of the molecule is Cc1cccc(N2CCN(C(=O)Cn3ncc4c3-c3ccccc3OC4)C[C@@H]2C)c1. The van der Waals surface area contributed by atoms with Crippen molar-refractivity contribution in [3.05, 3.63) is 65.9 Å². The van der Waals surface area contributed by atoms with Crippen LogP contribution in [0, 0.1) is 6.92 Å². The molecule has 0 spiro atoms. The van der Waals surface area contributed by atoms with E-state index in [9.17, 15) is 4.79 Å². The van der Waals surface area contributed by atoms with E-state index in [4.69, 9.17) is 4.74 Å². The molecule has 6 heteroatoms. The number of piperazine rings is 1. The van der Waals surface area contributed by atoms with Crippen LogP contribution in [0.4, 0.5) is 5.69 Å². The zero-order valence-corrected chi connectivity index (χ0v) is 17.4. The van der Waals surface area contributed by atoms with Crippen LogP contribution in [-0.4, -0.2) is 46.3 Å². The molecule has 2 aliphatic heterocycles. The molecule has 3 heterocycles. The Kier molecular flexibility index (Phi) is 4.69. The van der Waals surface area contributed by atoms with Crippen LogP contribution in [-0.2, 0) is 17.9 Å². The standard InChI is InChI=1S/C24H26N4O2/c1-17-6-5-7-20(12-17)27-11-10-26(14-18(27)2)23(29)15-28-24-19(13-25-28)16-30-22-9-4-3-8-21(22)24/h3-9,12-13,18H,10-11,14-16H2,1-2H3/t18-/m0/s1. The van der Waals surface area contributed by atoms with Gasteiger partial charge in [0.1, 0.15) is 18.9 Å². The molecule has 154 valence electrons. The summed E-state index contributed by atoms with van der Waals surface area (Å²) in [7, 11) is 0. The van der Waals surface area contributed by atoms with Crippen LogP contribution in [0.2, 0.25) is 0 Å². The van der Waals surface area contributed by atoms with Crippen molar-refractivity contribution in [1.82, 2.24) is 14.7 Å². The Morgan fingerprint density at radius 1 is 1.17 bits per heavy atom. The van der Waals surface area contributed by atoms with Gasteiger partial charge in [-0.1, -0.05) is 24.3 Å². The van der Waals surface area contributed by atoms with Crippen LogP contribution < -0.4 is 9.64 Å². The van der Waals surface area contributed by atoms with Crippen LogP contribution in [0.15, 0.2) is 54.7 Å². The monoisotopic (exact) mass is 402 g/mol. The maximum atomic E-state index is 13.1. The number of fused-ring (bicyclic) bond motifs is 3. The number of carbonyl (C=O) groups excluding carboxylic acids is 1. The molecule has 1 atom stereocenters. The normalized spacial score (nSPS) is 17.9. The summed E-state index contributed by atoms with van der Waals surface area (Å²) in [6, 6.07) is 16.8.